The molecular formula is C19H17NOS. The summed E-state index contributed by atoms with van der Waals surface area (Å²) in [5.41, 5.74) is 4.90. The third kappa shape index (κ3) is 2.32. The average Bonchev–Trinajstić information content (AvgIpc) is 3.17. The van der Waals surface area contributed by atoms with Gasteiger partial charge in [0.2, 0.25) is 0 Å². The summed E-state index contributed by atoms with van der Waals surface area (Å²) in [6.07, 6.45) is 5.05. The second kappa shape index (κ2) is 5.58. The highest BCUT2D eigenvalue weighted by Crippen LogP contribution is 2.42. The molecule has 0 N–H and O–H groups in total. The maximum atomic E-state index is 12.5. The molecule has 22 heavy (non-hydrogen) atoms. The van der Waals surface area contributed by atoms with Crippen LogP contribution in [0.5, 0.6) is 0 Å². The van der Waals surface area contributed by atoms with Gasteiger partial charge in [0, 0.05) is 11.0 Å². The third-order valence-electron chi connectivity index (χ3n) is 4.30. The first-order chi connectivity index (χ1) is 10.8. The molecule has 0 saturated heterocycles. The molecule has 0 unspecified atom stereocenters. The van der Waals surface area contributed by atoms with E-state index in [1.807, 2.05) is 29.2 Å². The summed E-state index contributed by atoms with van der Waals surface area (Å²) in [4.78, 5) is 15.7. The number of carbonyl (C=O) groups excluding carboxylic acids is 1. The van der Waals surface area contributed by atoms with E-state index in [4.69, 9.17) is 0 Å². The Kier molecular flexibility index (Phi) is 3.43. The highest BCUT2D eigenvalue weighted by atomic mass is 32.1. The van der Waals surface area contributed by atoms with Gasteiger partial charge in [0.25, 0.3) is 5.91 Å². The maximum absolute atomic E-state index is 12.5. The molecular weight excluding hydrogens is 290 g/mol. The van der Waals surface area contributed by atoms with Crippen LogP contribution in [0.2, 0.25) is 0 Å². The summed E-state index contributed by atoms with van der Waals surface area (Å²) in [7, 11) is 0. The molecule has 1 aromatic heterocycles. The Morgan fingerprint density at radius 3 is 2.68 bits per heavy atom. The van der Waals surface area contributed by atoms with Crippen molar-refractivity contribution in [2.75, 3.05) is 0 Å². The number of nitrogens with zero attached hydrogens (tertiary/aromatic N) is 1. The normalized spacial score (nSPS) is 17.7. The Labute approximate surface area is 134 Å². The monoisotopic (exact) mass is 307 g/mol. The van der Waals surface area contributed by atoms with Gasteiger partial charge in [-0.25, -0.2) is 0 Å². The Balaban J connectivity index is 1.76. The zero-order chi connectivity index (χ0) is 14.9. The molecule has 110 valence electrons. The van der Waals surface area contributed by atoms with E-state index in [2.05, 4.69) is 29.6 Å². The van der Waals surface area contributed by atoms with E-state index in [1.54, 1.807) is 11.3 Å². The molecule has 0 bridgehead atoms. The van der Waals surface area contributed by atoms with Gasteiger partial charge in [-0.15, -0.1) is 11.3 Å². The van der Waals surface area contributed by atoms with E-state index in [1.165, 1.54) is 27.3 Å². The molecule has 4 rings (SSSR count). The van der Waals surface area contributed by atoms with Crippen LogP contribution in [0.1, 0.15) is 29.7 Å². The molecule has 2 heterocycles. The van der Waals surface area contributed by atoms with Gasteiger partial charge in [-0.2, -0.15) is 0 Å². The molecule has 0 fully saturated rings. The quantitative estimate of drug-likeness (QED) is 0.810. The van der Waals surface area contributed by atoms with Crippen molar-refractivity contribution in [2.45, 2.75) is 25.8 Å². The van der Waals surface area contributed by atoms with Crippen LogP contribution in [-0.2, 0) is 11.3 Å². The van der Waals surface area contributed by atoms with Crippen molar-refractivity contribution in [1.29, 1.82) is 0 Å². The van der Waals surface area contributed by atoms with Gasteiger partial charge in [0.1, 0.15) is 0 Å². The van der Waals surface area contributed by atoms with Crippen LogP contribution in [0, 0.1) is 0 Å². The summed E-state index contributed by atoms with van der Waals surface area (Å²) < 4.78 is 0. The predicted octanol–water partition coefficient (Wildman–Crippen LogP) is 4.61. The fourth-order valence-corrected chi connectivity index (χ4v) is 4.12. The molecule has 1 aliphatic carbocycles. The number of thiophene rings is 1. The second-order valence-electron chi connectivity index (χ2n) is 5.74. The maximum Gasteiger partial charge on any atom is 0.251 e. The Bertz CT molecular complexity index is 756. The zero-order valence-electron chi connectivity index (χ0n) is 12.3. The summed E-state index contributed by atoms with van der Waals surface area (Å²) in [5.74, 6) is 0.129. The molecule has 3 heteroatoms. The van der Waals surface area contributed by atoms with Crippen molar-refractivity contribution in [2.24, 2.45) is 0 Å². The second-order valence-corrected chi connectivity index (χ2v) is 6.69. The van der Waals surface area contributed by atoms with Crippen LogP contribution in [-0.4, -0.2) is 10.8 Å². The van der Waals surface area contributed by atoms with Crippen LogP contribution < -0.4 is 0 Å². The molecule has 2 nitrogen and oxygen atoms in total. The van der Waals surface area contributed by atoms with E-state index in [9.17, 15) is 4.79 Å². The lowest BCUT2D eigenvalue weighted by molar-refractivity contribution is -0.123. The summed E-state index contributed by atoms with van der Waals surface area (Å²) in [6, 6.07) is 14.5. The van der Waals surface area contributed by atoms with Gasteiger partial charge in [0.15, 0.2) is 0 Å². The summed E-state index contributed by atoms with van der Waals surface area (Å²) in [6.45, 7) is 0.657. The number of hydrogen-bond donors (Lipinski definition) is 0. The largest absolute Gasteiger partial charge is 0.304 e. The van der Waals surface area contributed by atoms with Crippen LogP contribution in [0.4, 0.5) is 0 Å². The lowest BCUT2D eigenvalue weighted by atomic mass is 9.91. The molecule has 0 spiro atoms. The summed E-state index contributed by atoms with van der Waals surface area (Å²) in [5, 5.41) is 2.11. The lowest BCUT2D eigenvalue weighted by Crippen LogP contribution is -2.25. The highest BCUT2D eigenvalue weighted by molar-refractivity contribution is 7.11. The predicted molar refractivity (Wildman–Crippen MR) is 90.2 cm³/mol. The van der Waals surface area contributed by atoms with Gasteiger partial charge < -0.3 is 4.90 Å². The van der Waals surface area contributed by atoms with Crippen LogP contribution in [0.3, 0.4) is 0 Å². The number of amides is 1. The van der Waals surface area contributed by atoms with E-state index < -0.39 is 0 Å². The molecule has 1 aromatic carbocycles. The number of benzene rings is 1. The van der Waals surface area contributed by atoms with Crippen molar-refractivity contribution >= 4 is 22.8 Å². The minimum atomic E-state index is 0.129. The molecule has 2 aliphatic rings. The van der Waals surface area contributed by atoms with Gasteiger partial charge in [-0.05, 0) is 47.4 Å². The first-order valence-corrected chi connectivity index (χ1v) is 8.54. The van der Waals surface area contributed by atoms with Crippen molar-refractivity contribution in [1.82, 2.24) is 4.90 Å². The number of fused-ring (bicyclic) bond motifs is 1. The topological polar surface area (TPSA) is 20.3 Å². The molecule has 0 radical (unpaired) electrons. The van der Waals surface area contributed by atoms with Crippen LogP contribution in [0.25, 0.3) is 5.57 Å². The van der Waals surface area contributed by atoms with E-state index in [0.717, 1.165) is 19.3 Å². The smallest absolute Gasteiger partial charge is 0.251 e. The molecule has 2 aromatic rings. The number of hydrogen-bond acceptors (Lipinski definition) is 2. The number of carbonyl (C=O) groups is 1. The number of rotatable bonds is 3. The minimum Gasteiger partial charge on any atom is -0.304 e. The first-order valence-electron chi connectivity index (χ1n) is 7.66. The van der Waals surface area contributed by atoms with E-state index in [-0.39, 0.29) is 5.91 Å². The third-order valence-corrected chi connectivity index (χ3v) is 5.23. The molecule has 1 amide bonds. The number of allylic oxidation sites excluding steroid dienone is 2. The Morgan fingerprint density at radius 1 is 1.05 bits per heavy atom. The highest BCUT2D eigenvalue weighted by Gasteiger charge is 2.32. The first kappa shape index (κ1) is 13.5. The van der Waals surface area contributed by atoms with Crippen molar-refractivity contribution in [3.63, 3.8) is 0 Å². The van der Waals surface area contributed by atoms with Gasteiger partial charge >= 0.3 is 0 Å². The summed E-state index contributed by atoms with van der Waals surface area (Å²) >= 11 is 1.76. The lowest BCUT2D eigenvalue weighted by Gasteiger charge is -2.26. The zero-order valence-corrected chi connectivity index (χ0v) is 13.1. The Morgan fingerprint density at radius 2 is 1.91 bits per heavy atom. The van der Waals surface area contributed by atoms with E-state index >= 15 is 0 Å². The van der Waals surface area contributed by atoms with Crippen molar-refractivity contribution in [3.8, 4) is 0 Å². The SMILES string of the molecule is O=C1C=C2CCCC(c3cccs3)=C2N1Cc1ccccc1. The molecule has 0 saturated carbocycles. The van der Waals surface area contributed by atoms with Crippen molar-refractivity contribution in [3.05, 3.63) is 75.6 Å². The van der Waals surface area contributed by atoms with Crippen LogP contribution in [0.15, 0.2) is 65.2 Å². The fraction of sp³-hybridized carbons (Fsp3) is 0.211. The Hall–Kier alpha value is -2.13. The van der Waals surface area contributed by atoms with Gasteiger partial charge in [-0.3, -0.25) is 4.79 Å². The van der Waals surface area contributed by atoms with Gasteiger partial charge in [0.05, 0.1) is 12.2 Å². The standard InChI is InChI=1S/C19H17NOS/c21-18-12-15-8-4-9-16(17-10-5-11-22-17)19(15)20(18)13-14-6-2-1-3-7-14/h1-3,5-7,10-12H,4,8-9,13H2. The average molecular weight is 307 g/mol. The van der Waals surface area contributed by atoms with Gasteiger partial charge in [-0.1, -0.05) is 36.4 Å². The van der Waals surface area contributed by atoms with E-state index in [0.29, 0.717) is 6.54 Å². The fourth-order valence-electron chi connectivity index (χ4n) is 3.31. The van der Waals surface area contributed by atoms with Crippen LogP contribution >= 0.6 is 11.3 Å². The van der Waals surface area contributed by atoms with Crippen molar-refractivity contribution < 1.29 is 4.79 Å². The minimum absolute atomic E-state index is 0.129. The molecule has 1 aliphatic heterocycles. The molecule has 0 atom stereocenters.